The minimum atomic E-state index is -0.528. The molecule has 5 nitrogen and oxygen atoms in total. The van der Waals surface area contributed by atoms with E-state index >= 15 is 0 Å². The molecule has 1 aliphatic rings. The first kappa shape index (κ1) is 17.9. The first-order valence-electron chi connectivity index (χ1n) is 9.19. The van der Waals surface area contributed by atoms with E-state index in [0.29, 0.717) is 18.0 Å². The third-order valence-corrected chi connectivity index (χ3v) is 5.50. The molecule has 0 aliphatic carbocycles. The lowest BCUT2D eigenvalue weighted by Crippen LogP contribution is -2.50. The molecule has 0 amide bonds. The van der Waals surface area contributed by atoms with E-state index in [-0.39, 0.29) is 6.04 Å². The second kappa shape index (κ2) is 7.23. The second-order valence-electron chi connectivity index (χ2n) is 7.39. The van der Waals surface area contributed by atoms with Crippen LogP contribution in [0.2, 0.25) is 0 Å². The van der Waals surface area contributed by atoms with Gasteiger partial charge in [-0.15, -0.1) is 0 Å². The zero-order chi connectivity index (χ0) is 19.0. The summed E-state index contributed by atoms with van der Waals surface area (Å²) in [5.41, 5.74) is 1.49. The average molecular weight is 371 g/mol. The highest BCUT2D eigenvalue weighted by Crippen LogP contribution is 2.29. The molecule has 0 saturated carbocycles. The summed E-state index contributed by atoms with van der Waals surface area (Å²) < 4.78 is 27.0. The van der Waals surface area contributed by atoms with E-state index in [4.69, 9.17) is 0 Å². The van der Waals surface area contributed by atoms with Crippen molar-refractivity contribution in [3.8, 4) is 0 Å². The lowest BCUT2D eigenvalue weighted by molar-refractivity contribution is 0.159. The fraction of sp³-hybridized carbons (Fsp3) is 0.400. The standard InChI is InChI=1S/C20H23F2N5/c1-13-4-6-27(10-14-7-15(21)9-16(22)8-14)11-18(13)26(2)20-17-3-5-23-19(17)24-12-25-20/h3,5,7-9,12-13,18H,4,6,10-11H2,1-2H3,(H,23,24,25). The fourth-order valence-electron chi connectivity index (χ4n) is 4.02. The maximum atomic E-state index is 13.5. The number of fused-ring (bicyclic) bond motifs is 1. The van der Waals surface area contributed by atoms with E-state index in [9.17, 15) is 8.78 Å². The molecule has 3 aromatic rings. The number of aromatic amines is 1. The lowest BCUT2D eigenvalue weighted by atomic mass is 9.92. The van der Waals surface area contributed by atoms with Crippen LogP contribution < -0.4 is 4.90 Å². The predicted octanol–water partition coefficient (Wildman–Crippen LogP) is 3.58. The summed E-state index contributed by atoms with van der Waals surface area (Å²) in [6.07, 6.45) is 4.46. The van der Waals surface area contributed by atoms with Crippen molar-refractivity contribution in [2.75, 3.05) is 25.0 Å². The monoisotopic (exact) mass is 371 g/mol. The van der Waals surface area contributed by atoms with Crippen LogP contribution in [0.4, 0.5) is 14.6 Å². The molecule has 7 heteroatoms. The minimum Gasteiger partial charge on any atom is -0.354 e. The van der Waals surface area contributed by atoms with Gasteiger partial charge in [-0.3, -0.25) is 4.90 Å². The van der Waals surface area contributed by atoms with Gasteiger partial charge in [0.05, 0.1) is 5.39 Å². The van der Waals surface area contributed by atoms with E-state index in [1.807, 2.05) is 12.3 Å². The molecule has 1 saturated heterocycles. The zero-order valence-electron chi connectivity index (χ0n) is 15.5. The highest BCUT2D eigenvalue weighted by atomic mass is 19.1. The number of halogens is 2. The highest BCUT2D eigenvalue weighted by molar-refractivity contribution is 5.87. The number of H-pyrrole nitrogens is 1. The van der Waals surface area contributed by atoms with Crippen LogP contribution in [0.3, 0.4) is 0 Å². The SMILES string of the molecule is CC1CCN(Cc2cc(F)cc(F)c2)CC1N(C)c1ncnc2[nH]ccc12. The summed E-state index contributed by atoms with van der Waals surface area (Å²) in [6.45, 7) is 4.50. The van der Waals surface area contributed by atoms with Crippen molar-refractivity contribution >= 4 is 16.9 Å². The summed E-state index contributed by atoms with van der Waals surface area (Å²) in [7, 11) is 2.06. The van der Waals surface area contributed by atoms with Crippen molar-refractivity contribution < 1.29 is 8.78 Å². The Hall–Kier alpha value is -2.54. The summed E-state index contributed by atoms with van der Waals surface area (Å²) in [4.78, 5) is 16.3. The quantitative estimate of drug-likeness (QED) is 0.762. The molecule has 27 heavy (non-hydrogen) atoms. The molecule has 1 fully saturated rings. The van der Waals surface area contributed by atoms with Gasteiger partial charge in [0.2, 0.25) is 0 Å². The fourth-order valence-corrected chi connectivity index (χ4v) is 4.02. The third-order valence-electron chi connectivity index (χ3n) is 5.50. The van der Waals surface area contributed by atoms with E-state index in [2.05, 4.69) is 38.7 Å². The van der Waals surface area contributed by atoms with Gasteiger partial charge in [0.1, 0.15) is 29.4 Å². The zero-order valence-corrected chi connectivity index (χ0v) is 15.5. The highest BCUT2D eigenvalue weighted by Gasteiger charge is 2.30. The molecule has 142 valence electrons. The van der Waals surface area contributed by atoms with E-state index in [1.165, 1.54) is 12.1 Å². The Kier molecular flexibility index (Phi) is 4.78. The molecule has 1 N–H and O–H groups in total. The van der Waals surface area contributed by atoms with E-state index in [1.54, 1.807) is 6.33 Å². The van der Waals surface area contributed by atoms with Crippen LogP contribution in [0.1, 0.15) is 18.9 Å². The van der Waals surface area contributed by atoms with Gasteiger partial charge >= 0.3 is 0 Å². The van der Waals surface area contributed by atoms with Crippen molar-refractivity contribution in [3.05, 3.63) is 54.0 Å². The maximum Gasteiger partial charge on any atom is 0.142 e. The van der Waals surface area contributed by atoms with Crippen LogP contribution in [-0.4, -0.2) is 46.0 Å². The van der Waals surface area contributed by atoms with E-state index < -0.39 is 11.6 Å². The molecule has 3 heterocycles. The van der Waals surface area contributed by atoms with Gasteiger partial charge in [-0.25, -0.2) is 18.7 Å². The largest absolute Gasteiger partial charge is 0.354 e. The number of likely N-dealkylation sites (tertiary alicyclic amines) is 1. The summed E-state index contributed by atoms with van der Waals surface area (Å²) in [5, 5.41) is 0.997. The lowest BCUT2D eigenvalue weighted by Gasteiger charge is -2.42. The van der Waals surface area contributed by atoms with E-state index in [0.717, 1.165) is 42.4 Å². The van der Waals surface area contributed by atoms with Crippen LogP contribution in [0.25, 0.3) is 11.0 Å². The topological polar surface area (TPSA) is 48.1 Å². The molecule has 4 rings (SSSR count). The number of rotatable bonds is 4. The Morgan fingerprint density at radius 3 is 2.78 bits per heavy atom. The molecular weight excluding hydrogens is 348 g/mol. The number of anilines is 1. The Morgan fingerprint density at radius 1 is 1.22 bits per heavy atom. The second-order valence-corrected chi connectivity index (χ2v) is 7.39. The molecule has 1 aromatic carbocycles. The Morgan fingerprint density at radius 2 is 2.00 bits per heavy atom. The predicted molar refractivity (Wildman–Crippen MR) is 101 cm³/mol. The van der Waals surface area contributed by atoms with Gasteiger partial charge in [-0.05, 0) is 42.6 Å². The normalized spacial score (nSPS) is 20.9. The molecule has 0 radical (unpaired) electrons. The summed E-state index contributed by atoms with van der Waals surface area (Å²) >= 11 is 0. The van der Waals surface area contributed by atoms with Crippen molar-refractivity contribution in [1.82, 2.24) is 19.9 Å². The van der Waals surface area contributed by atoms with Crippen molar-refractivity contribution in [1.29, 1.82) is 0 Å². The van der Waals surface area contributed by atoms with Crippen LogP contribution in [0.15, 0.2) is 36.8 Å². The summed E-state index contributed by atoms with van der Waals surface area (Å²) in [5.74, 6) is 0.330. The van der Waals surface area contributed by atoms with Crippen molar-refractivity contribution in [2.24, 2.45) is 5.92 Å². The van der Waals surface area contributed by atoms with Gasteiger partial charge in [-0.2, -0.15) is 0 Å². The van der Waals surface area contributed by atoms with Gasteiger partial charge in [-0.1, -0.05) is 6.92 Å². The van der Waals surface area contributed by atoms with Gasteiger partial charge in [0, 0.05) is 38.4 Å². The van der Waals surface area contributed by atoms with Crippen LogP contribution in [-0.2, 0) is 6.54 Å². The molecule has 1 aliphatic heterocycles. The number of likely N-dealkylation sites (N-methyl/N-ethyl adjacent to an activating group) is 1. The van der Waals surface area contributed by atoms with Gasteiger partial charge in [0.15, 0.2) is 0 Å². The van der Waals surface area contributed by atoms with Crippen LogP contribution in [0.5, 0.6) is 0 Å². The van der Waals surface area contributed by atoms with Gasteiger partial charge in [0.25, 0.3) is 0 Å². The minimum absolute atomic E-state index is 0.255. The molecule has 0 bridgehead atoms. The Bertz CT molecular complexity index is 921. The molecule has 2 aromatic heterocycles. The Balaban J connectivity index is 1.54. The Labute approximate surface area is 157 Å². The molecule has 2 unspecified atom stereocenters. The number of hydrogen-bond donors (Lipinski definition) is 1. The number of hydrogen-bond acceptors (Lipinski definition) is 4. The van der Waals surface area contributed by atoms with Crippen molar-refractivity contribution in [3.63, 3.8) is 0 Å². The maximum absolute atomic E-state index is 13.5. The molecule has 0 spiro atoms. The smallest absolute Gasteiger partial charge is 0.142 e. The van der Waals surface area contributed by atoms with Crippen molar-refractivity contribution in [2.45, 2.75) is 25.9 Å². The number of nitrogens with zero attached hydrogens (tertiary/aromatic N) is 4. The van der Waals surface area contributed by atoms with Crippen LogP contribution in [0, 0.1) is 17.6 Å². The van der Waals surface area contributed by atoms with Crippen LogP contribution >= 0.6 is 0 Å². The number of aromatic nitrogens is 3. The average Bonchev–Trinajstić information content (AvgIpc) is 3.10. The molecular formula is C20H23F2N5. The summed E-state index contributed by atoms with van der Waals surface area (Å²) in [6, 6.07) is 5.98. The first-order valence-corrected chi connectivity index (χ1v) is 9.19. The number of nitrogens with one attached hydrogen (secondary N) is 1. The van der Waals surface area contributed by atoms with Gasteiger partial charge < -0.3 is 9.88 Å². The number of benzene rings is 1. The molecule has 2 atom stereocenters. The number of piperidine rings is 1. The first-order chi connectivity index (χ1) is 13.0. The third kappa shape index (κ3) is 3.64.